The third-order valence-electron chi connectivity index (χ3n) is 1.79. The van der Waals surface area contributed by atoms with Crippen LogP contribution in [0.1, 0.15) is 11.1 Å². The van der Waals surface area contributed by atoms with Crippen molar-refractivity contribution in [3.8, 4) is 5.75 Å². The summed E-state index contributed by atoms with van der Waals surface area (Å²) in [4.78, 5) is 2.74. The Kier molecular flexibility index (Phi) is 3.70. The van der Waals surface area contributed by atoms with Gasteiger partial charge in [0.05, 0.1) is 0 Å². The zero-order valence-corrected chi connectivity index (χ0v) is 8.36. The van der Waals surface area contributed by atoms with E-state index in [-0.39, 0.29) is 0 Å². The summed E-state index contributed by atoms with van der Waals surface area (Å²) in [6.07, 6.45) is -10.3. The largest absolute Gasteiger partial charge is 0.573 e. The Balaban J connectivity index is 3.46. The molecule has 0 amide bonds. The minimum absolute atomic E-state index is 0.404. The number of hydrogen-bond acceptors (Lipinski definition) is 3. The maximum Gasteiger partial charge on any atom is 0.573 e. The van der Waals surface area contributed by atoms with E-state index in [0.29, 0.717) is 6.20 Å². The van der Waals surface area contributed by atoms with E-state index >= 15 is 0 Å². The summed E-state index contributed by atoms with van der Waals surface area (Å²) in [5.41, 5.74) is 2.21. The van der Waals surface area contributed by atoms with Crippen LogP contribution in [-0.2, 0) is 12.7 Å². The van der Waals surface area contributed by atoms with Crippen molar-refractivity contribution in [2.24, 2.45) is 5.73 Å². The van der Waals surface area contributed by atoms with E-state index in [9.17, 15) is 30.7 Å². The van der Waals surface area contributed by atoms with Crippen LogP contribution in [0, 0.1) is 5.95 Å². The summed E-state index contributed by atoms with van der Waals surface area (Å²) in [5, 5.41) is 0. The second kappa shape index (κ2) is 4.59. The molecule has 18 heavy (non-hydrogen) atoms. The first kappa shape index (κ1) is 14.5. The highest BCUT2D eigenvalue weighted by Gasteiger charge is 2.43. The summed E-state index contributed by atoms with van der Waals surface area (Å²) in [5.74, 6) is -4.05. The maximum atomic E-state index is 13.0. The third-order valence-corrected chi connectivity index (χ3v) is 1.79. The molecule has 0 aromatic carbocycles. The maximum absolute atomic E-state index is 13.0. The zero-order valence-electron chi connectivity index (χ0n) is 8.36. The van der Waals surface area contributed by atoms with E-state index in [4.69, 9.17) is 5.73 Å². The van der Waals surface area contributed by atoms with Crippen LogP contribution in [0.3, 0.4) is 0 Å². The number of halogens is 7. The molecule has 1 aromatic rings. The molecule has 102 valence electrons. The molecule has 1 rings (SSSR count). The predicted molar refractivity (Wildman–Crippen MR) is 43.8 cm³/mol. The SMILES string of the molecule is NCc1cnc(F)c(OC(F)(F)F)c1C(F)(F)F. The van der Waals surface area contributed by atoms with Gasteiger partial charge >= 0.3 is 12.5 Å². The number of nitrogens with zero attached hydrogens (tertiary/aromatic N) is 1. The van der Waals surface area contributed by atoms with Crippen LogP contribution in [0.15, 0.2) is 6.20 Å². The Morgan fingerprint density at radius 2 is 1.72 bits per heavy atom. The monoisotopic (exact) mass is 278 g/mol. The molecular formula is C8H5F7N2O. The van der Waals surface area contributed by atoms with Crippen molar-refractivity contribution in [3.63, 3.8) is 0 Å². The van der Waals surface area contributed by atoms with Crippen molar-refractivity contribution in [2.45, 2.75) is 19.1 Å². The first-order valence-corrected chi connectivity index (χ1v) is 4.26. The lowest BCUT2D eigenvalue weighted by Gasteiger charge is -2.17. The van der Waals surface area contributed by atoms with Gasteiger partial charge in [-0.3, -0.25) is 0 Å². The number of rotatable bonds is 2. The van der Waals surface area contributed by atoms with Crippen molar-refractivity contribution < 1.29 is 35.5 Å². The molecule has 0 spiro atoms. The minimum atomic E-state index is -5.48. The van der Waals surface area contributed by atoms with E-state index in [0.717, 1.165) is 0 Å². The van der Waals surface area contributed by atoms with Crippen LogP contribution in [0.25, 0.3) is 0 Å². The van der Waals surface area contributed by atoms with Crippen molar-refractivity contribution in [3.05, 3.63) is 23.3 Å². The molecule has 0 aliphatic heterocycles. The molecule has 0 aliphatic carbocycles. The normalized spacial score (nSPS) is 12.7. The lowest BCUT2D eigenvalue weighted by molar-refractivity contribution is -0.277. The Hall–Kier alpha value is -1.58. The molecule has 0 atom stereocenters. The Bertz CT molecular complexity index is 440. The molecular weight excluding hydrogens is 273 g/mol. The second-order valence-electron chi connectivity index (χ2n) is 3.03. The number of nitrogens with two attached hydrogens (primary N) is 1. The molecule has 3 nitrogen and oxygen atoms in total. The molecule has 1 aromatic heterocycles. The van der Waals surface area contributed by atoms with Crippen molar-refractivity contribution in [1.29, 1.82) is 0 Å². The topological polar surface area (TPSA) is 48.1 Å². The van der Waals surface area contributed by atoms with Crippen LogP contribution < -0.4 is 10.5 Å². The predicted octanol–water partition coefficient (Wildman–Crippen LogP) is 2.60. The van der Waals surface area contributed by atoms with Crippen LogP contribution >= 0.6 is 0 Å². The molecule has 0 radical (unpaired) electrons. The summed E-state index contributed by atoms with van der Waals surface area (Å²) in [6.45, 7) is -0.768. The zero-order chi connectivity index (χ0) is 14.1. The van der Waals surface area contributed by atoms with Gasteiger partial charge in [0.1, 0.15) is 5.56 Å². The highest BCUT2D eigenvalue weighted by Crippen LogP contribution is 2.41. The van der Waals surface area contributed by atoms with Gasteiger partial charge in [0.2, 0.25) is 0 Å². The van der Waals surface area contributed by atoms with Crippen molar-refractivity contribution in [2.75, 3.05) is 0 Å². The lowest BCUT2D eigenvalue weighted by Crippen LogP contribution is -2.23. The average Bonchev–Trinajstić information content (AvgIpc) is 2.17. The lowest BCUT2D eigenvalue weighted by atomic mass is 10.1. The third kappa shape index (κ3) is 3.22. The molecule has 0 aliphatic rings. The standard InChI is InChI=1S/C8H5F7N2O/c9-6-5(18-8(13,14)15)4(7(10,11)12)3(1-16)2-17-6/h2H,1,16H2. The number of ether oxygens (including phenoxy) is 1. The summed E-state index contributed by atoms with van der Waals surface area (Å²) < 4.78 is 89.4. The number of pyridine rings is 1. The van der Waals surface area contributed by atoms with Crippen molar-refractivity contribution in [1.82, 2.24) is 4.98 Å². The molecule has 0 unspecified atom stereocenters. The second-order valence-corrected chi connectivity index (χ2v) is 3.03. The minimum Gasteiger partial charge on any atom is -0.400 e. The van der Waals surface area contributed by atoms with Gasteiger partial charge in [-0.1, -0.05) is 0 Å². The van der Waals surface area contributed by atoms with Gasteiger partial charge in [-0.05, 0) is 0 Å². The molecule has 2 N–H and O–H groups in total. The van der Waals surface area contributed by atoms with Crippen LogP contribution in [-0.4, -0.2) is 11.3 Å². The van der Waals surface area contributed by atoms with Crippen LogP contribution in [0.4, 0.5) is 30.7 Å². The van der Waals surface area contributed by atoms with Gasteiger partial charge in [-0.2, -0.15) is 17.6 Å². The fourth-order valence-corrected chi connectivity index (χ4v) is 1.18. The Labute approximate surface area is 95.4 Å². The summed E-state index contributed by atoms with van der Waals surface area (Å²) >= 11 is 0. The smallest absolute Gasteiger partial charge is 0.400 e. The van der Waals surface area contributed by atoms with Crippen LogP contribution in [0.2, 0.25) is 0 Å². The van der Waals surface area contributed by atoms with E-state index < -0.39 is 41.9 Å². The summed E-state index contributed by atoms with van der Waals surface area (Å²) in [6, 6.07) is 0. The fraction of sp³-hybridized carbons (Fsp3) is 0.375. The molecule has 0 fully saturated rings. The van der Waals surface area contributed by atoms with E-state index in [1.54, 1.807) is 0 Å². The first-order valence-electron chi connectivity index (χ1n) is 4.26. The van der Waals surface area contributed by atoms with Gasteiger partial charge in [0.15, 0.2) is 5.75 Å². The fourth-order valence-electron chi connectivity index (χ4n) is 1.18. The van der Waals surface area contributed by atoms with Crippen LogP contribution in [0.5, 0.6) is 5.75 Å². The molecule has 10 heteroatoms. The van der Waals surface area contributed by atoms with Gasteiger partial charge in [0, 0.05) is 18.3 Å². The van der Waals surface area contributed by atoms with E-state index in [1.165, 1.54) is 0 Å². The van der Waals surface area contributed by atoms with Gasteiger partial charge < -0.3 is 10.5 Å². The van der Waals surface area contributed by atoms with E-state index in [1.807, 2.05) is 0 Å². The molecule has 0 bridgehead atoms. The number of aromatic nitrogens is 1. The summed E-state index contributed by atoms with van der Waals surface area (Å²) in [7, 11) is 0. The van der Waals surface area contributed by atoms with Gasteiger partial charge in [-0.25, -0.2) is 4.98 Å². The van der Waals surface area contributed by atoms with E-state index in [2.05, 4.69) is 9.72 Å². The molecule has 0 saturated heterocycles. The Morgan fingerprint density at radius 1 is 1.17 bits per heavy atom. The molecule has 0 saturated carbocycles. The highest BCUT2D eigenvalue weighted by molar-refractivity contribution is 5.40. The number of alkyl halides is 6. The number of hydrogen-bond donors (Lipinski definition) is 1. The van der Waals surface area contributed by atoms with Crippen molar-refractivity contribution >= 4 is 0 Å². The average molecular weight is 278 g/mol. The van der Waals surface area contributed by atoms with Gasteiger partial charge in [0.25, 0.3) is 5.95 Å². The quantitative estimate of drug-likeness (QED) is 0.668. The highest BCUT2D eigenvalue weighted by atomic mass is 19.4. The van der Waals surface area contributed by atoms with Gasteiger partial charge in [-0.15, -0.1) is 13.2 Å². The first-order chi connectivity index (χ1) is 8.06. The molecule has 1 heterocycles. The Morgan fingerprint density at radius 3 is 2.11 bits per heavy atom.